The van der Waals surface area contributed by atoms with Crippen LogP contribution in [0.2, 0.25) is 0 Å². The number of carbonyl (C=O) groups is 3. The van der Waals surface area contributed by atoms with Crippen LogP contribution in [0.25, 0.3) is 11.1 Å². The van der Waals surface area contributed by atoms with Crippen LogP contribution in [0.15, 0.2) is 48.5 Å². The second kappa shape index (κ2) is 10.8. The summed E-state index contributed by atoms with van der Waals surface area (Å²) in [6.45, 7) is 8.07. The van der Waals surface area contributed by atoms with E-state index >= 15 is 0 Å². The maximum absolute atomic E-state index is 13.5. The van der Waals surface area contributed by atoms with Crippen molar-refractivity contribution < 1.29 is 29.0 Å². The normalized spacial score (nSPS) is 16.5. The molecule has 1 atom stereocenters. The highest BCUT2D eigenvalue weighted by Crippen LogP contribution is 2.44. The standard InChI is InChI=1S/C29H36N2O6/c1-5-25(26(32)33)31(19-14-16-30(17-15-19)27(34)37-29(2,3)4)28(35)36-18-24-22-12-8-6-10-20(22)21-11-7-9-13-23(21)24/h6-13,19,24-25H,5,14-18H2,1-4H3,(H,32,33). The maximum atomic E-state index is 13.5. The molecule has 2 amide bonds. The fraction of sp³-hybridized carbons (Fsp3) is 0.483. The van der Waals surface area contributed by atoms with Gasteiger partial charge < -0.3 is 19.5 Å². The Morgan fingerprint density at radius 2 is 1.54 bits per heavy atom. The highest BCUT2D eigenvalue weighted by atomic mass is 16.6. The Morgan fingerprint density at radius 3 is 2.03 bits per heavy atom. The van der Waals surface area contributed by atoms with Crippen molar-refractivity contribution in [1.29, 1.82) is 0 Å². The van der Waals surface area contributed by atoms with Gasteiger partial charge in [0.15, 0.2) is 0 Å². The Labute approximate surface area is 218 Å². The number of rotatable bonds is 6. The molecule has 1 fully saturated rings. The maximum Gasteiger partial charge on any atom is 0.410 e. The molecular weight excluding hydrogens is 472 g/mol. The molecule has 8 heteroatoms. The lowest BCUT2D eigenvalue weighted by Gasteiger charge is -2.40. The largest absolute Gasteiger partial charge is 0.480 e. The zero-order valence-corrected chi connectivity index (χ0v) is 22.0. The molecule has 2 aromatic carbocycles. The molecule has 0 radical (unpaired) electrons. The highest BCUT2D eigenvalue weighted by Gasteiger charge is 2.39. The lowest BCUT2D eigenvalue weighted by molar-refractivity contribution is -0.144. The van der Waals surface area contributed by atoms with E-state index < -0.39 is 29.8 Å². The number of carbonyl (C=O) groups excluding carboxylic acids is 2. The van der Waals surface area contributed by atoms with Crippen LogP contribution in [0.4, 0.5) is 9.59 Å². The number of benzene rings is 2. The molecule has 1 aliphatic carbocycles. The molecule has 0 bridgehead atoms. The summed E-state index contributed by atoms with van der Waals surface area (Å²) >= 11 is 0. The number of ether oxygens (including phenoxy) is 2. The van der Waals surface area contributed by atoms with E-state index in [0.717, 1.165) is 22.3 Å². The van der Waals surface area contributed by atoms with Crippen LogP contribution in [-0.4, -0.2) is 70.4 Å². The van der Waals surface area contributed by atoms with E-state index in [9.17, 15) is 19.5 Å². The van der Waals surface area contributed by atoms with Crippen molar-refractivity contribution in [3.8, 4) is 11.1 Å². The number of amides is 2. The number of fused-ring (bicyclic) bond motifs is 3. The van der Waals surface area contributed by atoms with E-state index in [-0.39, 0.29) is 25.0 Å². The molecule has 2 aromatic rings. The summed E-state index contributed by atoms with van der Waals surface area (Å²) in [5.74, 6) is -1.18. The molecule has 2 aliphatic rings. The number of likely N-dealkylation sites (tertiary alicyclic amines) is 1. The predicted molar refractivity (Wildman–Crippen MR) is 139 cm³/mol. The van der Waals surface area contributed by atoms with E-state index in [2.05, 4.69) is 12.1 Å². The van der Waals surface area contributed by atoms with Crippen LogP contribution in [0.5, 0.6) is 0 Å². The van der Waals surface area contributed by atoms with Gasteiger partial charge in [-0.05, 0) is 62.3 Å². The van der Waals surface area contributed by atoms with Crippen molar-refractivity contribution in [2.75, 3.05) is 19.7 Å². The van der Waals surface area contributed by atoms with Crippen molar-refractivity contribution in [3.05, 3.63) is 59.7 Å². The van der Waals surface area contributed by atoms with Crippen LogP contribution < -0.4 is 0 Å². The van der Waals surface area contributed by atoms with Crippen LogP contribution in [-0.2, 0) is 14.3 Å². The molecule has 0 aromatic heterocycles. The van der Waals surface area contributed by atoms with Gasteiger partial charge in [-0.1, -0.05) is 55.5 Å². The van der Waals surface area contributed by atoms with E-state index in [1.807, 2.05) is 57.2 Å². The van der Waals surface area contributed by atoms with E-state index in [4.69, 9.17) is 9.47 Å². The van der Waals surface area contributed by atoms with Crippen molar-refractivity contribution >= 4 is 18.2 Å². The SMILES string of the molecule is CCC(C(=O)O)N(C(=O)OCC1c2ccccc2-c2ccccc21)C1CCN(C(=O)OC(C)(C)C)CC1. The lowest BCUT2D eigenvalue weighted by atomic mass is 9.98. The summed E-state index contributed by atoms with van der Waals surface area (Å²) < 4.78 is 11.3. The Balaban J connectivity index is 1.48. The average Bonchev–Trinajstić information content (AvgIpc) is 3.18. The van der Waals surface area contributed by atoms with E-state index in [1.165, 1.54) is 4.90 Å². The minimum atomic E-state index is -1.06. The first-order valence-corrected chi connectivity index (χ1v) is 12.9. The van der Waals surface area contributed by atoms with Gasteiger partial charge in [0, 0.05) is 25.0 Å². The van der Waals surface area contributed by atoms with Gasteiger partial charge in [0.2, 0.25) is 0 Å². The van der Waals surface area contributed by atoms with Gasteiger partial charge >= 0.3 is 18.2 Å². The third-order valence-corrected chi connectivity index (χ3v) is 7.06. The minimum Gasteiger partial charge on any atom is -0.480 e. The number of carboxylic acid groups (broad SMARTS) is 1. The molecule has 8 nitrogen and oxygen atoms in total. The Bertz CT molecular complexity index is 1100. The molecule has 1 aliphatic heterocycles. The summed E-state index contributed by atoms with van der Waals surface area (Å²) in [5, 5.41) is 9.90. The third-order valence-electron chi connectivity index (χ3n) is 7.06. The summed E-state index contributed by atoms with van der Waals surface area (Å²) in [7, 11) is 0. The summed E-state index contributed by atoms with van der Waals surface area (Å²) in [6.07, 6.45) is 0.127. The predicted octanol–water partition coefficient (Wildman–Crippen LogP) is 5.50. The molecule has 4 rings (SSSR count). The topological polar surface area (TPSA) is 96.4 Å². The van der Waals surface area contributed by atoms with Gasteiger partial charge in [0.05, 0.1) is 0 Å². The van der Waals surface area contributed by atoms with E-state index in [0.29, 0.717) is 25.9 Å². The van der Waals surface area contributed by atoms with Crippen molar-refractivity contribution in [3.63, 3.8) is 0 Å². The molecule has 198 valence electrons. The van der Waals surface area contributed by atoms with Crippen LogP contribution in [0.1, 0.15) is 64.0 Å². The molecular formula is C29H36N2O6. The van der Waals surface area contributed by atoms with Gasteiger partial charge in [-0.15, -0.1) is 0 Å². The fourth-order valence-electron chi connectivity index (χ4n) is 5.34. The van der Waals surface area contributed by atoms with Crippen molar-refractivity contribution in [1.82, 2.24) is 9.80 Å². The zero-order chi connectivity index (χ0) is 26.7. The van der Waals surface area contributed by atoms with Gasteiger partial charge in [0.1, 0.15) is 18.2 Å². The van der Waals surface area contributed by atoms with E-state index in [1.54, 1.807) is 11.8 Å². The summed E-state index contributed by atoms with van der Waals surface area (Å²) in [6, 6.07) is 14.8. The highest BCUT2D eigenvalue weighted by molar-refractivity contribution is 5.81. The first-order chi connectivity index (χ1) is 17.6. The van der Waals surface area contributed by atoms with Gasteiger partial charge in [0.25, 0.3) is 0 Å². The van der Waals surface area contributed by atoms with Crippen LogP contribution in [0.3, 0.4) is 0 Å². The number of nitrogens with zero attached hydrogens (tertiary/aromatic N) is 2. The van der Waals surface area contributed by atoms with Gasteiger partial charge in [-0.2, -0.15) is 0 Å². The minimum absolute atomic E-state index is 0.114. The number of aliphatic carboxylic acids is 1. The van der Waals surface area contributed by atoms with Crippen molar-refractivity contribution in [2.45, 2.75) is 70.6 Å². The number of hydrogen-bond donors (Lipinski definition) is 1. The molecule has 37 heavy (non-hydrogen) atoms. The average molecular weight is 509 g/mol. The van der Waals surface area contributed by atoms with Crippen molar-refractivity contribution in [2.24, 2.45) is 0 Å². The number of piperidine rings is 1. The van der Waals surface area contributed by atoms with Gasteiger partial charge in [-0.25, -0.2) is 14.4 Å². The lowest BCUT2D eigenvalue weighted by Crippen LogP contribution is -2.55. The number of carboxylic acids is 1. The number of hydrogen-bond acceptors (Lipinski definition) is 5. The molecule has 0 spiro atoms. The summed E-state index contributed by atoms with van der Waals surface area (Å²) in [4.78, 5) is 41.0. The zero-order valence-electron chi connectivity index (χ0n) is 22.0. The molecule has 1 saturated heterocycles. The molecule has 1 unspecified atom stereocenters. The molecule has 1 N–H and O–H groups in total. The first-order valence-electron chi connectivity index (χ1n) is 12.9. The fourth-order valence-corrected chi connectivity index (χ4v) is 5.34. The molecule has 0 saturated carbocycles. The summed E-state index contributed by atoms with van der Waals surface area (Å²) in [5.41, 5.74) is 3.85. The molecule has 1 heterocycles. The Hall–Kier alpha value is -3.55. The smallest absolute Gasteiger partial charge is 0.410 e. The second-order valence-corrected chi connectivity index (χ2v) is 10.7. The first kappa shape index (κ1) is 26.5. The monoisotopic (exact) mass is 508 g/mol. The van der Waals surface area contributed by atoms with Crippen LogP contribution in [0, 0.1) is 0 Å². The van der Waals surface area contributed by atoms with Crippen LogP contribution >= 0.6 is 0 Å². The Kier molecular flexibility index (Phi) is 7.76. The van der Waals surface area contributed by atoms with Gasteiger partial charge in [-0.3, -0.25) is 4.90 Å². The third kappa shape index (κ3) is 5.73. The second-order valence-electron chi connectivity index (χ2n) is 10.7. The Morgan fingerprint density at radius 1 is 1.00 bits per heavy atom. The quantitative estimate of drug-likeness (QED) is 0.554.